The van der Waals surface area contributed by atoms with Crippen LogP contribution < -0.4 is 11.1 Å². The molecule has 2 nitrogen and oxygen atoms in total. The first-order chi connectivity index (χ1) is 8.34. The minimum Gasteiger partial charge on any atom is -0.386 e. The fourth-order valence-corrected chi connectivity index (χ4v) is 1.58. The van der Waals surface area contributed by atoms with Crippen molar-refractivity contribution in [1.82, 2.24) is 0 Å². The summed E-state index contributed by atoms with van der Waals surface area (Å²) in [6, 6.07) is 20.2. The SMILES string of the molecule is N/C(=C/Cc1ccccc1)Nc1ccccc1. The Balaban J connectivity index is 1.94. The molecule has 0 saturated heterocycles. The Kier molecular flexibility index (Phi) is 3.81. The van der Waals surface area contributed by atoms with Gasteiger partial charge in [-0.3, -0.25) is 0 Å². The van der Waals surface area contributed by atoms with Crippen LogP contribution in [0.3, 0.4) is 0 Å². The molecule has 86 valence electrons. The first-order valence-electron chi connectivity index (χ1n) is 5.66. The van der Waals surface area contributed by atoms with E-state index in [0.29, 0.717) is 5.82 Å². The standard InChI is InChI=1S/C15H16N2/c16-15(17-14-9-5-2-6-10-14)12-11-13-7-3-1-4-8-13/h1-10,12,17H,11,16H2/b15-12-. The molecule has 0 unspecified atom stereocenters. The first kappa shape index (κ1) is 11.3. The Labute approximate surface area is 102 Å². The summed E-state index contributed by atoms with van der Waals surface area (Å²) in [5.74, 6) is 0.681. The zero-order chi connectivity index (χ0) is 11.9. The number of allylic oxidation sites excluding steroid dienone is 1. The van der Waals surface area contributed by atoms with Gasteiger partial charge in [-0.2, -0.15) is 0 Å². The van der Waals surface area contributed by atoms with Gasteiger partial charge < -0.3 is 11.1 Å². The lowest BCUT2D eigenvalue weighted by molar-refractivity contribution is 1.19. The van der Waals surface area contributed by atoms with Crippen molar-refractivity contribution in [1.29, 1.82) is 0 Å². The van der Waals surface area contributed by atoms with E-state index in [0.717, 1.165) is 12.1 Å². The minimum atomic E-state index is 0.681. The fraction of sp³-hybridized carbons (Fsp3) is 0.0667. The molecule has 0 heterocycles. The maximum Gasteiger partial charge on any atom is 0.0967 e. The highest BCUT2D eigenvalue weighted by molar-refractivity contribution is 5.47. The molecular formula is C15H16N2. The van der Waals surface area contributed by atoms with Gasteiger partial charge >= 0.3 is 0 Å². The van der Waals surface area contributed by atoms with Gasteiger partial charge in [-0.05, 0) is 30.2 Å². The molecule has 0 saturated carbocycles. The van der Waals surface area contributed by atoms with E-state index in [-0.39, 0.29) is 0 Å². The van der Waals surface area contributed by atoms with E-state index in [4.69, 9.17) is 5.73 Å². The monoisotopic (exact) mass is 224 g/mol. The molecule has 0 aromatic heterocycles. The number of hydrogen-bond acceptors (Lipinski definition) is 2. The number of hydrogen-bond donors (Lipinski definition) is 2. The van der Waals surface area contributed by atoms with Gasteiger partial charge in [0.25, 0.3) is 0 Å². The Morgan fingerprint density at radius 3 is 2.18 bits per heavy atom. The predicted molar refractivity (Wildman–Crippen MR) is 72.5 cm³/mol. The average Bonchev–Trinajstić information content (AvgIpc) is 2.39. The van der Waals surface area contributed by atoms with Crippen LogP contribution in [0.25, 0.3) is 0 Å². The lowest BCUT2D eigenvalue weighted by Crippen LogP contribution is -2.09. The third-order valence-electron chi connectivity index (χ3n) is 2.46. The number of nitrogens with two attached hydrogens (primary N) is 1. The van der Waals surface area contributed by atoms with Crippen molar-refractivity contribution in [3.05, 3.63) is 78.1 Å². The Bertz CT molecular complexity index is 475. The van der Waals surface area contributed by atoms with E-state index in [2.05, 4.69) is 17.4 Å². The summed E-state index contributed by atoms with van der Waals surface area (Å²) in [5.41, 5.74) is 8.17. The van der Waals surface area contributed by atoms with Gasteiger partial charge in [-0.15, -0.1) is 0 Å². The van der Waals surface area contributed by atoms with Crippen molar-refractivity contribution >= 4 is 5.69 Å². The van der Waals surface area contributed by atoms with Crippen LogP contribution in [-0.2, 0) is 6.42 Å². The minimum absolute atomic E-state index is 0.681. The van der Waals surface area contributed by atoms with Crippen LogP contribution in [-0.4, -0.2) is 0 Å². The summed E-state index contributed by atoms with van der Waals surface area (Å²) in [6.07, 6.45) is 2.83. The molecule has 3 N–H and O–H groups in total. The van der Waals surface area contributed by atoms with Crippen LogP contribution in [0, 0.1) is 0 Å². The lowest BCUT2D eigenvalue weighted by Gasteiger charge is -2.06. The third-order valence-corrected chi connectivity index (χ3v) is 2.46. The summed E-state index contributed by atoms with van der Waals surface area (Å²) in [6.45, 7) is 0. The molecule has 2 rings (SSSR count). The number of nitrogens with one attached hydrogen (secondary N) is 1. The largest absolute Gasteiger partial charge is 0.386 e. The number of anilines is 1. The number of rotatable bonds is 4. The van der Waals surface area contributed by atoms with E-state index >= 15 is 0 Å². The average molecular weight is 224 g/mol. The van der Waals surface area contributed by atoms with Gasteiger partial charge in [0.1, 0.15) is 0 Å². The van der Waals surface area contributed by atoms with Crippen molar-refractivity contribution < 1.29 is 0 Å². The summed E-state index contributed by atoms with van der Waals surface area (Å²) >= 11 is 0. The summed E-state index contributed by atoms with van der Waals surface area (Å²) < 4.78 is 0. The molecule has 2 aromatic rings. The highest BCUT2D eigenvalue weighted by Crippen LogP contribution is 2.07. The molecule has 17 heavy (non-hydrogen) atoms. The number of benzene rings is 2. The molecule has 0 bridgehead atoms. The molecule has 0 aliphatic rings. The molecule has 2 heteroatoms. The molecular weight excluding hydrogens is 208 g/mol. The Morgan fingerprint density at radius 1 is 0.941 bits per heavy atom. The molecule has 0 spiro atoms. The second-order valence-corrected chi connectivity index (χ2v) is 3.84. The normalized spacial score (nSPS) is 11.2. The Hall–Kier alpha value is -2.22. The van der Waals surface area contributed by atoms with E-state index in [1.54, 1.807) is 0 Å². The van der Waals surface area contributed by atoms with Crippen molar-refractivity contribution in [3.8, 4) is 0 Å². The third kappa shape index (κ3) is 3.68. The maximum absolute atomic E-state index is 5.90. The Morgan fingerprint density at radius 2 is 1.53 bits per heavy atom. The highest BCUT2D eigenvalue weighted by atomic mass is 15.0. The zero-order valence-corrected chi connectivity index (χ0v) is 9.64. The van der Waals surface area contributed by atoms with Gasteiger partial charge in [-0.1, -0.05) is 48.5 Å². The molecule has 2 aromatic carbocycles. The van der Waals surface area contributed by atoms with E-state index in [9.17, 15) is 0 Å². The van der Waals surface area contributed by atoms with Crippen LogP contribution >= 0.6 is 0 Å². The van der Waals surface area contributed by atoms with Crippen LogP contribution in [0.1, 0.15) is 5.56 Å². The van der Waals surface area contributed by atoms with Crippen LogP contribution in [0.15, 0.2) is 72.6 Å². The predicted octanol–water partition coefficient (Wildman–Crippen LogP) is 3.14. The molecule has 0 atom stereocenters. The highest BCUT2D eigenvalue weighted by Gasteiger charge is 1.92. The zero-order valence-electron chi connectivity index (χ0n) is 9.64. The molecule has 0 aliphatic heterocycles. The summed E-state index contributed by atoms with van der Waals surface area (Å²) in [4.78, 5) is 0. The molecule has 0 amide bonds. The van der Waals surface area contributed by atoms with Gasteiger partial charge in [0, 0.05) is 5.69 Å². The van der Waals surface area contributed by atoms with E-state index in [1.807, 2.05) is 54.6 Å². The van der Waals surface area contributed by atoms with E-state index < -0.39 is 0 Å². The first-order valence-corrected chi connectivity index (χ1v) is 5.66. The summed E-state index contributed by atoms with van der Waals surface area (Å²) in [5, 5.41) is 3.15. The molecule has 0 fully saturated rings. The summed E-state index contributed by atoms with van der Waals surface area (Å²) in [7, 11) is 0. The van der Waals surface area contributed by atoms with Gasteiger partial charge in [0.2, 0.25) is 0 Å². The quantitative estimate of drug-likeness (QED) is 0.837. The van der Waals surface area contributed by atoms with Crippen molar-refractivity contribution in [3.63, 3.8) is 0 Å². The lowest BCUT2D eigenvalue weighted by atomic mass is 10.1. The van der Waals surface area contributed by atoms with Crippen LogP contribution in [0.4, 0.5) is 5.69 Å². The maximum atomic E-state index is 5.90. The van der Waals surface area contributed by atoms with Crippen molar-refractivity contribution in [2.45, 2.75) is 6.42 Å². The van der Waals surface area contributed by atoms with Crippen molar-refractivity contribution in [2.24, 2.45) is 5.73 Å². The van der Waals surface area contributed by atoms with Gasteiger partial charge in [-0.25, -0.2) is 0 Å². The molecule has 0 radical (unpaired) electrons. The van der Waals surface area contributed by atoms with Crippen LogP contribution in [0.2, 0.25) is 0 Å². The molecule has 0 aliphatic carbocycles. The fourth-order valence-electron chi connectivity index (χ4n) is 1.58. The van der Waals surface area contributed by atoms with Crippen molar-refractivity contribution in [2.75, 3.05) is 5.32 Å². The van der Waals surface area contributed by atoms with E-state index in [1.165, 1.54) is 5.56 Å². The van der Waals surface area contributed by atoms with Gasteiger partial charge in [0.15, 0.2) is 0 Å². The second-order valence-electron chi connectivity index (χ2n) is 3.84. The van der Waals surface area contributed by atoms with Crippen LogP contribution in [0.5, 0.6) is 0 Å². The smallest absolute Gasteiger partial charge is 0.0967 e. The van der Waals surface area contributed by atoms with Gasteiger partial charge in [0.05, 0.1) is 5.82 Å². The second kappa shape index (κ2) is 5.75. The topological polar surface area (TPSA) is 38.0 Å². The number of para-hydroxylation sites is 1.